The molecule has 0 amide bonds. The highest BCUT2D eigenvalue weighted by molar-refractivity contribution is 6.20. The molecule has 0 N–H and O–H groups in total. The minimum absolute atomic E-state index is 0.0594. The zero-order valence-corrected chi connectivity index (χ0v) is 10.4. The molecule has 1 aromatic carbocycles. The van der Waals surface area contributed by atoms with Crippen molar-refractivity contribution in [1.29, 1.82) is 0 Å². The molecule has 0 aliphatic heterocycles. The van der Waals surface area contributed by atoms with E-state index in [1.54, 1.807) is 7.11 Å². The Morgan fingerprint density at radius 3 is 2.59 bits per heavy atom. The van der Waals surface area contributed by atoms with Crippen LogP contribution in [-0.2, 0) is 6.42 Å². The summed E-state index contributed by atoms with van der Waals surface area (Å²) in [6, 6.07) is 15.7. The van der Waals surface area contributed by atoms with E-state index in [2.05, 4.69) is 4.98 Å². The second-order valence-electron chi connectivity index (χ2n) is 3.75. The van der Waals surface area contributed by atoms with Crippen LogP contribution in [0.1, 0.15) is 16.6 Å². The highest BCUT2D eigenvalue weighted by atomic mass is 35.5. The lowest BCUT2D eigenvalue weighted by atomic mass is 10.1. The molecule has 0 fully saturated rings. The second-order valence-corrected chi connectivity index (χ2v) is 4.28. The van der Waals surface area contributed by atoms with Crippen LogP contribution in [0.4, 0.5) is 0 Å². The zero-order valence-electron chi connectivity index (χ0n) is 9.64. The molecule has 1 unspecified atom stereocenters. The second kappa shape index (κ2) is 5.69. The molecule has 0 saturated heterocycles. The molecule has 2 aromatic rings. The Morgan fingerprint density at radius 1 is 1.12 bits per heavy atom. The van der Waals surface area contributed by atoms with Crippen molar-refractivity contribution in [3.8, 4) is 5.88 Å². The van der Waals surface area contributed by atoms with Crippen LogP contribution in [0.25, 0.3) is 0 Å². The van der Waals surface area contributed by atoms with Gasteiger partial charge in [0.2, 0.25) is 5.88 Å². The van der Waals surface area contributed by atoms with Crippen LogP contribution in [0, 0.1) is 0 Å². The van der Waals surface area contributed by atoms with E-state index >= 15 is 0 Å². The van der Waals surface area contributed by atoms with Crippen LogP contribution >= 0.6 is 11.6 Å². The lowest BCUT2D eigenvalue weighted by Gasteiger charge is -2.09. The van der Waals surface area contributed by atoms with Crippen molar-refractivity contribution in [3.63, 3.8) is 0 Å². The predicted octanol–water partition coefficient (Wildman–Crippen LogP) is 3.61. The molecule has 1 heterocycles. The predicted molar refractivity (Wildman–Crippen MR) is 69.5 cm³/mol. The van der Waals surface area contributed by atoms with E-state index in [-0.39, 0.29) is 5.38 Å². The summed E-state index contributed by atoms with van der Waals surface area (Å²) < 4.78 is 5.09. The van der Waals surface area contributed by atoms with Gasteiger partial charge in [0.05, 0.1) is 12.5 Å². The number of pyridine rings is 1. The molecular formula is C14H14ClNO. The maximum Gasteiger partial charge on any atom is 0.213 e. The van der Waals surface area contributed by atoms with Crippen molar-refractivity contribution in [1.82, 2.24) is 4.98 Å². The lowest BCUT2D eigenvalue weighted by molar-refractivity contribution is 0.396. The monoisotopic (exact) mass is 247 g/mol. The number of halogens is 1. The number of nitrogens with zero attached hydrogens (tertiary/aromatic N) is 1. The Balaban J connectivity index is 2.10. The van der Waals surface area contributed by atoms with E-state index in [9.17, 15) is 0 Å². The minimum atomic E-state index is -0.0594. The molecule has 1 atom stereocenters. The summed E-state index contributed by atoms with van der Waals surface area (Å²) in [4.78, 5) is 4.35. The summed E-state index contributed by atoms with van der Waals surface area (Å²) in [6.07, 6.45) is 0.697. The van der Waals surface area contributed by atoms with Gasteiger partial charge in [-0.3, -0.25) is 0 Å². The van der Waals surface area contributed by atoms with Crippen LogP contribution in [0.2, 0.25) is 0 Å². The molecule has 17 heavy (non-hydrogen) atoms. The first kappa shape index (κ1) is 11.9. The SMILES string of the molecule is COc1cccc(CC(Cl)c2ccccc2)n1. The third kappa shape index (κ3) is 3.21. The summed E-state index contributed by atoms with van der Waals surface area (Å²) in [5.74, 6) is 0.624. The lowest BCUT2D eigenvalue weighted by Crippen LogP contribution is -1.99. The fourth-order valence-electron chi connectivity index (χ4n) is 1.65. The van der Waals surface area contributed by atoms with E-state index in [1.165, 1.54) is 0 Å². The molecule has 0 saturated carbocycles. The van der Waals surface area contributed by atoms with E-state index < -0.39 is 0 Å². The summed E-state index contributed by atoms with van der Waals surface area (Å²) in [7, 11) is 1.61. The number of aromatic nitrogens is 1. The molecule has 0 aliphatic carbocycles. The summed E-state index contributed by atoms with van der Waals surface area (Å²) in [5, 5.41) is -0.0594. The maximum atomic E-state index is 6.36. The van der Waals surface area contributed by atoms with Crippen LogP contribution < -0.4 is 4.74 Å². The topological polar surface area (TPSA) is 22.1 Å². The molecule has 2 rings (SSSR count). The number of rotatable bonds is 4. The van der Waals surface area contributed by atoms with E-state index in [0.29, 0.717) is 12.3 Å². The normalized spacial score (nSPS) is 12.1. The first-order chi connectivity index (χ1) is 8.29. The highest BCUT2D eigenvalue weighted by Crippen LogP contribution is 2.24. The molecule has 0 radical (unpaired) electrons. The van der Waals surface area contributed by atoms with Gasteiger partial charge in [0.1, 0.15) is 0 Å². The maximum absolute atomic E-state index is 6.36. The van der Waals surface area contributed by atoms with Crippen LogP contribution in [0.3, 0.4) is 0 Å². The number of hydrogen-bond donors (Lipinski definition) is 0. The van der Waals surface area contributed by atoms with Gasteiger partial charge in [-0.1, -0.05) is 36.4 Å². The van der Waals surface area contributed by atoms with Crippen LogP contribution in [-0.4, -0.2) is 12.1 Å². The van der Waals surface area contributed by atoms with E-state index in [0.717, 1.165) is 11.3 Å². The van der Waals surface area contributed by atoms with Crippen molar-refractivity contribution in [2.75, 3.05) is 7.11 Å². The number of alkyl halides is 1. The van der Waals surface area contributed by atoms with Crippen LogP contribution in [0.15, 0.2) is 48.5 Å². The Bertz CT molecular complexity index is 473. The van der Waals surface area contributed by atoms with E-state index in [4.69, 9.17) is 16.3 Å². The zero-order chi connectivity index (χ0) is 12.1. The molecule has 2 nitrogen and oxygen atoms in total. The van der Waals surface area contributed by atoms with Crippen molar-refractivity contribution in [2.45, 2.75) is 11.8 Å². The Morgan fingerprint density at radius 2 is 1.88 bits per heavy atom. The summed E-state index contributed by atoms with van der Waals surface area (Å²) in [6.45, 7) is 0. The van der Waals surface area contributed by atoms with Gasteiger partial charge < -0.3 is 4.74 Å². The van der Waals surface area contributed by atoms with Gasteiger partial charge >= 0.3 is 0 Å². The van der Waals surface area contributed by atoms with E-state index in [1.807, 2.05) is 48.5 Å². The van der Waals surface area contributed by atoms with Gasteiger partial charge in [-0.2, -0.15) is 0 Å². The van der Waals surface area contributed by atoms with Crippen molar-refractivity contribution >= 4 is 11.6 Å². The number of ether oxygens (including phenoxy) is 1. The summed E-state index contributed by atoms with van der Waals surface area (Å²) in [5.41, 5.74) is 2.05. The van der Waals surface area contributed by atoms with Gasteiger partial charge in [-0.25, -0.2) is 4.98 Å². The average Bonchev–Trinajstić information content (AvgIpc) is 2.40. The molecule has 88 valence electrons. The number of hydrogen-bond acceptors (Lipinski definition) is 2. The standard InChI is InChI=1S/C14H14ClNO/c1-17-14-9-5-8-12(16-14)10-13(15)11-6-3-2-4-7-11/h2-9,13H,10H2,1H3. The van der Waals surface area contributed by atoms with Gasteiger partial charge in [-0.15, -0.1) is 11.6 Å². The Labute approximate surface area is 106 Å². The average molecular weight is 248 g/mol. The van der Waals surface area contributed by atoms with Crippen molar-refractivity contribution in [3.05, 3.63) is 59.8 Å². The first-order valence-electron chi connectivity index (χ1n) is 5.48. The molecule has 1 aromatic heterocycles. The molecule has 0 aliphatic rings. The third-order valence-corrected chi connectivity index (χ3v) is 2.95. The molecular weight excluding hydrogens is 234 g/mol. The van der Waals surface area contributed by atoms with Crippen molar-refractivity contribution in [2.24, 2.45) is 0 Å². The highest BCUT2D eigenvalue weighted by Gasteiger charge is 2.09. The fourth-order valence-corrected chi connectivity index (χ4v) is 1.95. The molecule has 3 heteroatoms. The Hall–Kier alpha value is -1.54. The third-order valence-electron chi connectivity index (χ3n) is 2.54. The first-order valence-corrected chi connectivity index (χ1v) is 5.92. The quantitative estimate of drug-likeness (QED) is 0.770. The Kier molecular flexibility index (Phi) is 3.99. The number of benzene rings is 1. The summed E-state index contributed by atoms with van der Waals surface area (Å²) >= 11 is 6.36. The fraction of sp³-hybridized carbons (Fsp3) is 0.214. The van der Waals surface area contributed by atoms with Gasteiger partial charge in [0.15, 0.2) is 0 Å². The number of methoxy groups -OCH3 is 1. The molecule has 0 bridgehead atoms. The van der Waals surface area contributed by atoms with Gasteiger partial charge in [0.25, 0.3) is 0 Å². The van der Waals surface area contributed by atoms with Gasteiger partial charge in [-0.05, 0) is 11.6 Å². The smallest absolute Gasteiger partial charge is 0.213 e. The van der Waals surface area contributed by atoms with Gasteiger partial charge in [0, 0.05) is 18.2 Å². The van der Waals surface area contributed by atoms with Crippen LogP contribution in [0.5, 0.6) is 5.88 Å². The molecule has 0 spiro atoms. The minimum Gasteiger partial charge on any atom is -0.481 e. The van der Waals surface area contributed by atoms with Crippen molar-refractivity contribution < 1.29 is 4.74 Å². The largest absolute Gasteiger partial charge is 0.481 e.